The molecule has 1 N–H and O–H groups in total. The summed E-state index contributed by atoms with van der Waals surface area (Å²) >= 11 is 0. The zero-order valence-electron chi connectivity index (χ0n) is 13.0. The van der Waals surface area contributed by atoms with Crippen LogP contribution < -0.4 is 5.32 Å². The molecule has 1 aliphatic rings. The molecule has 0 spiro atoms. The number of nitrogens with one attached hydrogen (secondary N) is 1. The van der Waals surface area contributed by atoms with Crippen molar-refractivity contribution >= 4 is 11.7 Å². The van der Waals surface area contributed by atoms with E-state index >= 15 is 0 Å². The Hall–Kier alpha value is -1.62. The second kappa shape index (κ2) is 7.98. The van der Waals surface area contributed by atoms with E-state index in [-0.39, 0.29) is 12.0 Å². The van der Waals surface area contributed by atoms with Crippen molar-refractivity contribution in [2.45, 2.75) is 39.2 Å². The average Bonchev–Trinajstić information content (AvgIpc) is 2.53. The summed E-state index contributed by atoms with van der Waals surface area (Å²) in [6.45, 7) is 7.18. The molecule has 0 bridgehead atoms. The molecule has 5 nitrogen and oxygen atoms in total. The lowest BCUT2D eigenvalue weighted by atomic mass is 10.1. The summed E-state index contributed by atoms with van der Waals surface area (Å²) in [7, 11) is 0. The molecule has 0 aliphatic carbocycles. The fourth-order valence-electron chi connectivity index (χ4n) is 2.55. The summed E-state index contributed by atoms with van der Waals surface area (Å²) < 4.78 is 5.64. The van der Waals surface area contributed by atoms with E-state index in [0.29, 0.717) is 18.7 Å². The van der Waals surface area contributed by atoms with E-state index < -0.39 is 0 Å². The maximum atomic E-state index is 12.5. The first-order chi connectivity index (χ1) is 10.2. The topological polar surface area (TPSA) is 54.5 Å². The minimum Gasteiger partial charge on any atom is -0.377 e. The van der Waals surface area contributed by atoms with Gasteiger partial charge >= 0.3 is 0 Å². The highest BCUT2D eigenvalue weighted by molar-refractivity contribution is 5.94. The number of ether oxygens (including phenoxy) is 1. The van der Waals surface area contributed by atoms with Crippen LogP contribution in [-0.4, -0.2) is 48.1 Å². The summed E-state index contributed by atoms with van der Waals surface area (Å²) in [4.78, 5) is 18.7. The molecule has 1 unspecified atom stereocenters. The van der Waals surface area contributed by atoms with E-state index in [9.17, 15) is 4.79 Å². The number of rotatable bonds is 6. The Balaban J connectivity index is 1.95. The second-order valence-electron chi connectivity index (χ2n) is 5.33. The van der Waals surface area contributed by atoms with Crippen LogP contribution in [0.25, 0.3) is 0 Å². The van der Waals surface area contributed by atoms with Crippen LogP contribution in [0.1, 0.15) is 43.5 Å². The fraction of sp³-hybridized carbons (Fsp3) is 0.625. The van der Waals surface area contributed by atoms with Gasteiger partial charge in [0.15, 0.2) is 0 Å². The minimum atomic E-state index is 0.0499. The Kier molecular flexibility index (Phi) is 5.99. The van der Waals surface area contributed by atoms with Gasteiger partial charge in [-0.3, -0.25) is 4.79 Å². The fourth-order valence-corrected chi connectivity index (χ4v) is 2.55. The number of pyridine rings is 1. The van der Waals surface area contributed by atoms with Gasteiger partial charge in [-0.1, -0.05) is 6.92 Å². The summed E-state index contributed by atoms with van der Waals surface area (Å²) in [6.07, 6.45) is 4.92. The van der Waals surface area contributed by atoms with Gasteiger partial charge < -0.3 is 15.0 Å². The molecule has 2 rings (SSSR count). The third-order valence-corrected chi connectivity index (χ3v) is 3.63. The molecule has 0 saturated carbocycles. The van der Waals surface area contributed by atoms with Gasteiger partial charge in [-0.25, -0.2) is 4.98 Å². The lowest BCUT2D eigenvalue weighted by Gasteiger charge is -2.32. The number of carbonyl (C=O) groups excluding carboxylic acids is 1. The maximum absolute atomic E-state index is 12.5. The van der Waals surface area contributed by atoms with Crippen LogP contribution >= 0.6 is 0 Å². The Labute approximate surface area is 126 Å². The molecule has 116 valence electrons. The van der Waals surface area contributed by atoms with Crippen LogP contribution in [0, 0.1) is 0 Å². The first-order valence-electron chi connectivity index (χ1n) is 7.85. The summed E-state index contributed by atoms with van der Waals surface area (Å²) in [5.74, 6) is 0.869. The number of aromatic nitrogens is 1. The Morgan fingerprint density at radius 2 is 2.33 bits per heavy atom. The summed E-state index contributed by atoms with van der Waals surface area (Å²) in [6, 6.07) is 3.71. The molecule has 2 heterocycles. The summed E-state index contributed by atoms with van der Waals surface area (Å²) in [5, 5.41) is 3.21. The van der Waals surface area contributed by atoms with Gasteiger partial charge in [0.1, 0.15) is 5.82 Å². The van der Waals surface area contributed by atoms with Gasteiger partial charge in [-0.05, 0) is 38.3 Å². The Morgan fingerprint density at radius 3 is 3.00 bits per heavy atom. The van der Waals surface area contributed by atoms with E-state index in [4.69, 9.17) is 4.74 Å². The van der Waals surface area contributed by atoms with Crippen LogP contribution in [0.5, 0.6) is 0 Å². The van der Waals surface area contributed by atoms with Crippen molar-refractivity contribution < 1.29 is 9.53 Å². The van der Waals surface area contributed by atoms with Gasteiger partial charge in [0.25, 0.3) is 5.91 Å². The van der Waals surface area contributed by atoms with Crippen molar-refractivity contribution in [1.82, 2.24) is 9.88 Å². The molecule has 5 heteroatoms. The Morgan fingerprint density at radius 1 is 1.48 bits per heavy atom. The number of amides is 1. The van der Waals surface area contributed by atoms with Crippen molar-refractivity contribution in [2.75, 3.05) is 31.6 Å². The molecule has 1 atom stereocenters. The smallest absolute Gasteiger partial charge is 0.255 e. The van der Waals surface area contributed by atoms with Gasteiger partial charge in [-0.2, -0.15) is 0 Å². The molecule has 1 amide bonds. The van der Waals surface area contributed by atoms with Crippen LogP contribution in [0.4, 0.5) is 5.82 Å². The molecular weight excluding hydrogens is 266 g/mol. The van der Waals surface area contributed by atoms with Crippen molar-refractivity contribution in [3.8, 4) is 0 Å². The highest BCUT2D eigenvalue weighted by Crippen LogP contribution is 2.16. The molecule has 1 fully saturated rings. The number of hydrogen-bond acceptors (Lipinski definition) is 4. The first kappa shape index (κ1) is 15.8. The Bertz CT molecular complexity index is 445. The highest BCUT2D eigenvalue weighted by Gasteiger charge is 2.24. The average molecular weight is 291 g/mol. The maximum Gasteiger partial charge on any atom is 0.255 e. The van der Waals surface area contributed by atoms with Crippen LogP contribution in [0.2, 0.25) is 0 Å². The molecular formula is C16H25N3O2. The molecule has 0 aromatic carbocycles. The first-order valence-corrected chi connectivity index (χ1v) is 7.85. The molecule has 0 radical (unpaired) electrons. The van der Waals surface area contributed by atoms with E-state index in [1.165, 1.54) is 0 Å². The zero-order valence-corrected chi connectivity index (χ0v) is 13.0. The van der Waals surface area contributed by atoms with Gasteiger partial charge in [0, 0.05) is 32.4 Å². The normalized spacial score (nSPS) is 18.6. The minimum absolute atomic E-state index is 0.0499. The van der Waals surface area contributed by atoms with E-state index in [1.807, 2.05) is 24.0 Å². The van der Waals surface area contributed by atoms with E-state index in [0.717, 1.165) is 38.2 Å². The second-order valence-corrected chi connectivity index (χ2v) is 5.33. The SMILES string of the molecule is CCCNc1ccc(C(=O)N2CCCC(OCC)C2)cn1. The van der Waals surface area contributed by atoms with Crippen LogP contribution in [-0.2, 0) is 4.74 Å². The predicted octanol–water partition coefficient (Wildman–Crippen LogP) is 2.54. The number of likely N-dealkylation sites (tertiary alicyclic amines) is 1. The lowest BCUT2D eigenvalue weighted by Crippen LogP contribution is -2.43. The van der Waals surface area contributed by atoms with E-state index in [1.54, 1.807) is 6.20 Å². The quantitative estimate of drug-likeness (QED) is 0.875. The molecule has 21 heavy (non-hydrogen) atoms. The third-order valence-electron chi connectivity index (χ3n) is 3.63. The van der Waals surface area contributed by atoms with Gasteiger partial charge in [0.2, 0.25) is 0 Å². The highest BCUT2D eigenvalue weighted by atomic mass is 16.5. The standard InChI is InChI=1S/C16H25N3O2/c1-3-9-17-15-8-7-13(11-18-15)16(20)19-10-5-6-14(12-19)21-4-2/h7-8,11,14H,3-6,9-10,12H2,1-2H3,(H,17,18). The van der Waals surface area contributed by atoms with Crippen LogP contribution in [0.3, 0.4) is 0 Å². The van der Waals surface area contributed by atoms with Gasteiger partial charge in [0.05, 0.1) is 11.7 Å². The van der Waals surface area contributed by atoms with Crippen molar-refractivity contribution in [3.63, 3.8) is 0 Å². The van der Waals surface area contributed by atoms with E-state index in [2.05, 4.69) is 17.2 Å². The lowest BCUT2D eigenvalue weighted by molar-refractivity contribution is 0.00723. The number of piperidine rings is 1. The zero-order chi connectivity index (χ0) is 15.1. The number of anilines is 1. The van der Waals surface area contributed by atoms with Crippen molar-refractivity contribution in [2.24, 2.45) is 0 Å². The molecule has 1 aromatic rings. The van der Waals surface area contributed by atoms with Gasteiger partial charge in [-0.15, -0.1) is 0 Å². The molecule has 1 saturated heterocycles. The molecule has 1 aliphatic heterocycles. The third kappa shape index (κ3) is 4.43. The number of carbonyl (C=O) groups is 1. The summed E-state index contributed by atoms with van der Waals surface area (Å²) in [5.41, 5.74) is 0.647. The number of hydrogen-bond donors (Lipinski definition) is 1. The van der Waals surface area contributed by atoms with Crippen molar-refractivity contribution in [3.05, 3.63) is 23.9 Å². The molecule has 1 aromatic heterocycles. The largest absolute Gasteiger partial charge is 0.377 e. The number of nitrogens with zero attached hydrogens (tertiary/aromatic N) is 2. The predicted molar refractivity (Wildman–Crippen MR) is 83.6 cm³/mol. The monoisotopic (exact) mass is 291 g/mol. The van der Waals surface area contributed by atoms with Crippen LogP contribution in [0.15, 0.2) is 18.3 Å². The van der Waals surface area contributed by atoms with Crippen molar-refractivity contribution in [1.29, 1.82) is 0 Å².